The molecule has 0 bridgehead atoms. The molecule has 6 amide bonds. The molecule has 72 heavy (non-hydrogen) atoms. The van der Waals surface area contributed by atoms with E-state index < -0.39 is 119 Å². The molecule has 0 spiro atoms. The van der Waals surface area contributed by atoms with Crippen molar-refractivity contribution in [2.75, 3.05) is 20.1 Å². The van der Waals surface area contributed by atoms with Crippen LogP contribution in [0.25, 0.3) is 0 Å². The third-order valence-electron chi connectivity index (χ3n) is 14.1. The molecule has 408 valence electrons. The molecule has 0 saturated carbocycles. The number of likely N-dealkylation sites (N-methyl/N-ethyl adjacent to an activating group) is 1. The highest BCUT2D eigenvalue weighted by Crippen LogP contribution is 2.41. The molecule has 0 radical (unpaired) electrons. The van der Waals surface area contributed by atoms with E-state index in [1.165, 1.54) is 20.9 Å². The first-order valence-corrected chi connectivity index (χ1v) is 25.0. The SMILES string of the molecule is C/C=C(\C)C(=O)[C@@H](C)/C=C(\C)[C@H]1O[C@@](O)([C@@](C)(O)C(=O)N[C@H](C(=O)N2NCCC[C@@H]2C(=O)N(O)[C@@H](C)C(=O)N(C)[C@H](CC(C)C)C(=O)N2NCCC[C@H]2C(=O)N[C@@H](C(=O)O)[C@H](C)O)[C@@H](O)C(C)C)CC[C@@H]1C. The Morgan fingerprint density at radius 2 is 1.43 bits per heavy atom. The fourth-order valence-electron chi connectivity index (χ4n) is 9.19. The van der Waals surface area contributed by atoms with E-state index in [0.717, 1.165) is 21.8 Å². The van der Waals surface area contributed by atoms with Gasteiger partial charge in [0.05, 0.1) is 18.3 Å². The lowest BCUT2D eigenvalue weighted by atomic mass is 9.80. The Bertz CT molecular complexity index is 2050. The first-order chi connectivity index (χ1) is 33.4. The third kappa shape index (κ3) is 14.2. The van der Waals surface area contributed by atoms with E-state index >= 15 is 0 Å². The highest BCUT2D eigenvalue weighted by Gasteiger charge is 2.57. The van der Waals surface area contributed by atoms with Crippen LogP contribution in [-0.4, -0.2) is 184 Å². The zero-order chi connectivity index (χ0) is 54.9. The third-order valence-corrected chi connectivity index (χ3v) is 14.1. The predicted octanol–water partition coefficient (Wildman–Crippen LogP) is 0.281. The van der Waals surface area contributed by atoms with Gasteiger partial charge in [-0.2, -0.15) is 0 Å². The van der Waals surface area contributed by atoms with Gasteiger partial charge in [0, 0.05) is 32.5 Å². The van der Waals surface area contributed by atoms with Crippen LogP contribution >= 0.6 is 0 Å². The second-order valence-electron chi connectivity index (χ2n) is 20.7. The van der Waals surface area contributed by atoms with Gasteiger partial charge in [0.2, 0.25) is 17.6 Å². The zero-order valence-electron chi connectivity index (χ0n) is 44.2. The van der Waals surface area contributed by atoms with Crippen LogP contribution in [0.1, 0.15) is 128 Å². The number of hydrazine groups is 2. The van der Waals surface area contributed by atoms with E-state index in [2.05, 4.69) is 21.5 Å². The number of amides is 6. The molecule has 3 rings (SSSR count). The number of carbonyl (C=O) groups is 8. The summed E-state index contributed by atoms with van der Waals surface area (Å²) in [5.74, 6) is -11.8. The fraction of sp³-hybridized carbons (Fsp3) is 0.755. The van der Waals surface area contributed by atoms with Crippen molar-refractivity contribution in [2.45, 2.75) is 194 Å². The molecule has 0 aliphatic carbocycles. The van der Waals surface area contributed by atoms with Gasteiger partial charge in [0.1, 0.15) is 30.2 Å². The van der Waals surface area contributed by atoms with Crippen LogP contribution in [0.3, 0.4) is 0 Å². The van der Waals surface area contributed by atoms with Crippen LogP contribution < -0.4 is 21.5 Å². The highest BCUT2D eigenvalue weighted by molar-refractivity contribution is 5.98. The monoisotopic (exact) mass is 1020 g/mol. The van der Waals surface area contributed by atoms with Gasteiger partial charge in [0.15, 0.2) is 17.4 Å². The summed E-state index contributed by atoms with van der Waals surface area (Å²) in [6.07, 6.45) is 0.379. The van der Waals surface area contributed by atoms with Crippen molar-refractivity contribution in [2.24, 2.45) is 23.7 Å². The Kier molecular flexibility index (Phi) is 22.1. The summed E-state index contributed by atoms with van der Waals surface area (Å²) in [6.45, 7) is 19.2. The lowest BCUT2D eigenvalue weighted by molar-refractivity contribution is -0.321. The van der Waals surface area contributed by atoms with E-state index in [1.54, 1.807) is 67.5 Å². The molecule has 3 saturated heterocycles. The Morgan fingerprint density at radius 1 is 0.875 bits per heavy atom. The maximum atomic E-state index is 14.6. The number of carbonyl (C=O) groups excluding carboxylic acids is 7. The summed E-state index contributed by atoms with van der Waals surface area (Å²) in [4.78, 5) is 111. The number of hydrogen-bond acceptors (Lipinski definition) is 16. The Hall–Kier alpha value is -4.88. The zero-order valence-corrected chi connectivity index (χ0v) is 44.2. The van der Waals surface area contributed by atoms with E-state index in [1.807, 2.05) is 6.92 Å². The minimum atomic E-state index is -2.74. The Labute approximate surface area is 422 Å². The van der Waals surface area contributed by atoms with Gasteiger partial charge in [-0.05, 0) is 109 Å². The van der Waals surface area contributed by atoms with Crippen LogP contribution in [0.5, 0.6) is 0 Å². The molecule has 10 N–H and O–H groups in total. The molecule has 3 heterocycles. The van der Waals surface area contributed by atoms with E-state index in [9.17, 15) is 69.1 Å². The lowest BCUT2D eigenvalue weighted by Gasteiger charge is -2.47. The Morgan fingerprint density at radius 3 is 1.94 bits per heavy atom. The van der Waals surface area contributed by atoms with Gasteiger partial charge in [-0.1, -0.05) is 53.7 Å². The minimum Gasteiger partial charge on any atom is -0.480 e. The molecule has 0 aromatic rings. The largest absolute Gasteiger partial charge is 0.480 e. The van der Waals surface area contributed by atoms with Gasteiger partial charge in [-0.25, -0.2) is 20.7 Å². The van der Waals surface area contributed by atoms with Crippen LogP contribution in [0, 0.1) is 23.7 Å². The number of nitrogens with one attached hydrogen (secondary N) is 4. The minimum absolute atomic E-state index is 0.0519. The van der Waals surface area contributed by atoms with Gasteiger partial charge < -0.3 is 45.8 Å². The second kappa shape index (κ2) is 25.9. The molecular formula is C49H82N8O15. The molecule has 0 aromatic heterocycles. The average Bonchev–Trinajstić information content (AvgIpc) is 3.34. The van der Waals surface area contributed by atoms with E-state index in [0.29, 0.717) is 24.0 Å². The second-order valence-corrected chi connectivity index (χ2v) is 20.7. The number of nitrogens with zero attached hydrogens (tertiary/aromatic N) is 4. The van der Waals surface area contributed by atoms with Gasteiger partial charge in [0.25, 0.3) is 23.6 Å². The smallest absolute Gasteiger partial charge is 0.328 e. The van der Waals surface area contributed by atoms with Gasteiger partial charge in [-0.15, -0.1) is 0 Å². The van der Waals surface area contributed by atoms with Crippen molar-refractivity contribution in [3.05, 3.63) is 23.3 Å². The summed E-state index contributed by atoms with van der Waals surface area (Å²) in [7, 11) is 1.28. The molecule has 23 heteroatoms. The normalized spacial score (nSPS) is 26.0. The molecular weight excluding hydrogens is 941 g/mol. The van der Waals surface area contributed by atoms with Crippen molar-refractivity contribution < 1.29 is 73.8 Å². The summed E-state index contributed by atoms with van der Waals surface area (Å²) in [6, 6.07) is -9.22. The van der Waals surface area contributed by atoms with E-state index in [4.69, 9.17) is 4.74 Å². The fourth-order valence-corrected chi connectivity index (χ4v) is 9.19. The molecule has 3 fully saturated rings. The first kappa shape index (κ1) is 61.4. The lowest BCUT2D eigenvalue weighted by Crippen LogP contribution is -2.70. The Balaban J connectivity index is 1.88. The number of aliphatic hydroxyl groups is 4. The first-order valence-electron chi connectivity index (χ1n) is 25.0. The van der Waals surface area contributed by atoms with Crippen LogP contribution in [0.4, 0.5) is 0 Å². The molecule has 0 aromatic carbocycles. The van der Waals surface area contributed by atoms with Crippen LogP contribution in [-0.2, 0) is 43.1 Å². The number of Topliss-reactive ketones (excluding diaryl/α,β-unsaturated/α-hetero) is 1. The van der Waals surface area contributed by atoms with Crippen molar-refractivity contribution >= 4 is 47.2 Å². The van der Waals surface area contributed by atoms with E-state index in [-0.39, 0.29) is 67.9 Å². The summed E-state index contributed by atoms with van der Waals surface area (Å²) < 4.78 is 6.12. The van der Waals surface area contributed by atoms with Crippen LogP contribution in [0.15, 0.2) is 23.3 Å². The van der Waals surface area contributed by atoms with Crippen molar-refractivity contribution in [3.63, 3.8) is 0 Å². The quantitative estimate of drug-likeness (QED) is 0.0320. The van der Waals surface area contributed by atoms with Crippen molar-refractivity contribution in [1.29, 1.82) is 0 Å². The molecule has 13 atom stereocenters. The van der Waals surface area contributed by atoms with Gasteiger partial charge in [-0.3, -0.25) is 48.8 Å². The maximum absolute atomic E-state index is 14.6. The number of allylic oxidation sites excluding steroid dienone is 3. The van der Waals surface area contributed by atoms with Crippen molar-refractivity contribution in [3.8, 4) is 0 Å². The summed E-state index contributed by atoms with van der Waals surface area (Å²) in [5, 5.41) is 72.9. The topological polar surface area (TPSA) is 328 Å². The standard InChI is InChI=1S/C49H82N8O15/c1-14-27(6)39(60)29(8)24-30(9)40-28(7)19-20-49(70,72-40)48(12,69)47(68)53-37(38(59)26(4)5)45(65)56-34(18-16-22-51-56)44(64)57(71)31(10)42(62)54(13)35(23-25(2)3)43(63)55-33(17-15-21-50-55)41(61)52-36(32(11)58)46(66)67/h14,24-26,28-29,31-38,40,50-51,58-59,69-71H,15-23H2,1-13H3,(H,52,61)(H,53,68)(H,66,67)/b27-14+,30-24+/t28-,29-,31-,32-,33-,34+,35+,36+,37-,38-,40-,48-,49+/m0/s1. The average molecular weight is 1020 g/mol. The number of aliphatic hydroxyl groups excluding tert-OH is 2. The predicted molar refractivity (Wildman–Crippen MR) is 260 cm³/mol. The number of ether oxygens (including phenoxy) is 1. The number of hydroxylamine groups is 2. The number of carboxylic acids is 1. The number of hydrogen-bond donors (Lipinski definition) is 10. The van der Waals surface area contributed by atoms with Gasteiger partial charge >= 0.3 is 5.97 Å². The van der Waals surface area contributed by atoms with Crippen molar-refractivity contribution in [1.82, 2.24) is 41.5 Å². The number of aliphatic carboxylic acids is 1. The number of rotatable bonds is 21. The van der Waals surface area contributed by atoms with Crippen LogP contribution in [0.2, 0.25) is 0 Å². The highest BCUT2D eigenvalue weighted by atomic mass is 16.6. The maximum Gasteiger partial charge on any atom is 0.328 e. The molecule has 0 unspecified atom stereocenters. The summed E-state index contributed by atoms with van der Waals surface area (Å²) >= 11 is 0. The number of carboxylic acid groups (broad SMARTS) is 1. The molecule has 23 nitrogen and oxygen atoms in total. The summed E-state index contributed by atoms with van der Waals surface area (Å²) in [5.41, 5.74) is 4.07. The molecule has 3 aliphatic heterocycles. The molecule has 3 aliphatic rings. The number of ketones is 1.